The lowest BCUT2D eigenvalue weighted by Crippen LogP contribution is -2.30. The van der Waals surface area contributed by atoms with Gasteiger partial charge in [0.05, 0.1) is 0 Å². The number of thioether (sulfide) groups is 1. The molecule has 94 valence electrons. The summed E-state index contributed by atoms with van der Waals surface area (Å²) in [6, 6.07) is 8.84. The van der Waals surface area contributed by atoms with Gasteiger partial charge >= 0.3 is 0 Å². The summed E-state index contributed by atoms with van der Waals surface area (Å²) in [7, 11) is 0. The van der Waals surface area contributed by atoms with Crippen molar-refractivity contribution in [3.05, 3.63) is 29.8 Å². The number of hydrogen-bond donors (Lipinski definition) is 1. The lowest BCUT2D eigenvalue weighted by Gasteiger charge is -2.18. The highest BCUT2D eigenvalue weighted by atomic mass is 32.2. The van der Waals surface area contributed by atoms with Crippen LogP contribution in [-0.2, 0) is 0 Å². The number of rotatable bonds is 4. The molecular weight excluding hydrogens is 228 g/mol. The average molecular weight is 250 g/mol. The molecule has 1 N–H and O–H groups in total. The Balaban J connectivity index is 1.69. The number of nitrogens with zero attached hydrogens (tertiary/aromatic N) is 1. The molecule has 3 heteroatoms. The Hall–Kier alpha value is -0.510. The summed E-state index contributed by atoms with van der Waals surface area (Å²) in [6.07, 6.45) is 1.29. The highest BCUT2D eigenvalue weighted by Crippen LogP contribution is 2.18. The molecule has 0 aromatic heterocycles. The van der Waals surface area contributed by atoms with Gasteiger partial charge in [0.2, 0.25) is 0 Å². The zero-order chi connectivity index (χ0) is 11.9. The summed E-state index contributed by atoms with van der Waals surface area (Å²) >= 11 is 1.97. The summed E-state index contributed by atoms with van der Waals surface area (Å²) in [5, 5.41) is 3.44. The van der Waals surface area contributed by atoms with Crippen LogP contribution in [0.1, 0.15) is 12.0 Å². The minimum Gasteiger partial charge on any atom is -0.315 e. The lowest BCUT2D eigenvalue weighted by atomic mass is 10.2. The Bertz CT molecular complexity index is 315. The van der Waals surface area contributed by atoms with E-state index in [1.807, 2.05) is 11.8 Å². The molecule has 1 aliphatic heterocycles. The number of benzene rings is 1. The average Bonchev–Trinajstić information content (AvgIpc) is 2.60. The van der Waals surface area contributed by atoms with Crippen molar-refractivity contribution < 1.29 is 0 Å². The van der Waals surface area contributed by atoms with E-state index in [9.17, 15) is 0 Å². The molecule has 0 unspecified atom stereocenters. The van der Waals surface area contributed by atoms with Crippen LogP contribution in [0.2, 0.25) is 0 Å². The van der Waals surface area contributed by atoms with Crippen molar-refractivity contribution in [2.75, 3.05) is 38.5 Å². The summed E-state index contributed by atoms with van der Waals surface area (Å²) < 4.78 is 0. The van der Waals surface area contributed by atoms with Gasteiger partial charge in [-0.25, -0.2) is 0 Å². The first-order valence-corrected chi connectivity index (χ1v) is 7.46. The maximum atomic E-state index is 3.44. The molecule has 1 fully saturated rings. The molecule has 2 nitrogen and oxygen atoms in total. The Morgan fingerprint density at radius 2 is 2.00 bits per heavy atom. The van der Waals surface area contributed by atoms with Gasteiger partial charge in [-0.2, -0.15) is 0 Å². The minimum atomic E-state index is 1.15. The normalized spacial score (nSPS) is 17.9. The van der Waals surface area contributed by atoms with E-state index >= 15 is 0 Å². The Morgan fingerprint density at radius 3 is 2.82 bits per heavy atom. The topological polar surface area (TPSA) is 15.3 Å². The summed E-state index contributed by atoms with van der Waals surface area (Å²) in [5.74, 6) is 1.20. The van der Waals surface area contributed by atoms with Crippen LogP contribution in [0.25, 0.3) is 0 Å². The van der Waals surface area contributed by atoms with Gasteiger partial charge in [-0.05, 0) is 38.6 Å². The molecule has 0 radical (unpaired) electrons. The van der Waals surface area contributed by atoms with Gasteiger partial charge in [-0.15, -0.1) is 11.8 Å². The molecule has 1 aromatic carbocycles. The van der Waals surface area contributed by atoms with Gasteiger partial charge in [0.25, 0.3) is 0 Å². The maximum Gasteiger partial charge on any atom is 0.0108 e. The largest absolute Gasteiger partial charge is 0.315 e. The molecule has 17 heavy (non-hydrogen) atoms. The molecule has 0 atom stereocenters. The molecule has 1 aromatic rings. The maximum absolute atomic E-state index is 3.44. The highest BCUT2D eigenvalue weighted by Gasteiger charge is 2.07. The van der Waals surface area contributed by atoms with Crippen LogP contribution in [-0.4, -0.2) is 43.4 Å². The Labute approximate surface area is 109 Å². The highest BCUT2D eigenvalue weighted by molar-refractivity contribution is 7.99. The molecule has 0 spiro atoms. The summed E-state index contributed by atoms with van der Waals surface area (Å²) in [6.45, 7) is 8.13. The molecule has 0 bridgehead atoms. The molecule has 1 heterocycles. The third-order valence-electron chi connectivity index (χ3n) is 3.13. The first-order chi connectivity index (χ1) is 8.34. The second kappa shape index (κ2) is 7.04. The van der Waals surface area contributed by atoms with Gasteiger partial charge in [-0.3, -0.25) is 0 Å². The smallest absolute Gasteiger partial charge is 0.0108 e. The van der Waals surface area contributed by atoms with E-state index in [1.54, 1.807) is 0 Å². The van der Waals surface area contributed by atoms with Gasteiger partial charge in [0.1, 0.15) is 0 Å². The molecule has 0 saturated carbocycles. The fourth-order valence-corrected chi connectivity index (χ4v) is 2.97. The van der Waals surface area contributed by atoms with Gasteiger partial charge in [0, 0.05) is 30.3 Å². The number of nitrogens with one attached hydrogen (secondary N) is 1. The van der Waals surface area contributed by atoms with Crippen LogP contribution in [0.5, 0.6) is 0 Å². The summed E-state index contributed by atoms with van der Waals surface area (Å²) in [4.78, 5) is 3.96. The van der Waals surface area contributed by atoms with Crippen molar-refractivity contribution in [1.29, 1.82) is 0 Å². The van der Waals surface area contributed by atoms with E-state index in [1.165, 1.54) is 48.8 Å². The van der Waals surface area contributed by atoms with Crippen LogP contribution >= 0.6 is 11.8 Å². The SMILES string of the molecule is Cc1ccc(SCCN2CCCNCC2)cc1. The van der Waals surface area contributed by atoms with Crippen LogP contribution in [0.15, 0.2) is 29.2 Å². The first-order valence-electron chi connectivity index (χ1n) is 6.47. The van der Waals surface area contributed by atoms with Crippen molar-refractivity contribution in [3.63, 3.8) is 0 Å². The van der Waals surface area contributed by atoms with Crippen molar-refractivity contribution in [2.24, 2.45) is 0 Å². The van der Waals surface area contributed by atoms with E-state index in [2.05, 4.69) is 41.4 Å². The van der Waals surface area contributed by atoms with Crippen molar-refractivity contribution in [2.45, 2.75) is 18.2 Å². The van der Waals surface area contributed by atoms with Gasteiger partial charge in [-0.1, -0.05) is 17.7 Å². The van der Waals surface area contributed by atoms with E-state index in [0.29, 0.717) is 0 Å². The molecule has 1 aliphatic rings. The van der Waals surface area contributed by atoms with Crippen molar-refractivity contribution in [1.82, 2.24) is 10.2 Å². The Morgan fingerprint density at radius 1 is 1.18 bits per heavy atom. The standard InChI is InChI=1S/C14H22N2S/c1-13-3-5-14(6-4-13)17-12-11-16-9-2-7-15-8-10-16/h3-6,15H,2,7-12H2,1H3. The second-order valence-corrected chi connectivity index (χ2v) is 5.78. The predicted molar refractivity (Wildman–Crippen MR) is 75.8 cm³/mol. The molecule has 2 rings (SSSR count). The van der Waals surface area contributed by atoms with Crippen molar-refractivity contribution >= 4 is 11.8 Å². The molecule has 1 saturated heterocycles. The fraction of sp³-hybridized carbons (Fsp3) is 0.571. The van der Waals surface area contributed by atoms with Crippen LogP contribution in [0.3, 0.4) is 0 Å². The second-order valence-electron chi connectivity index (χ2n) is 4.61. The van der Waals surface area contributed by atoms with Crippen LogP contribution in [0, 0.1) is 6.92 Å². The first kappa shape index (κ1) is 12.9. The fourth-order valence-electron chi connectivity index (χ4n) is 2.05. The number of aryl methyl sites for hydroxylation is 1. The van der Waals surface area contributed by atoms with E-state index < -0.39 is 0 Å². The third-order valence-corrected chi connectivity index (χ3v) is 4.12. The lowest BCUT2D eigenvalue weighted by molar-refractivity contribution is 0.311. The van der Waals surface area contributed by atoms with E-state index in [-0.39, 0.29) is 0 Å². The van der Waals surface area contributed by atoms with Gasteiger partial charge < -0.3 is 10.2 Å². The van der Waals surface area contributed by atoms with Crippen LogP contribution in [0.4, 0.5) is 0 Å². The minimum absolute atomic E-state index is 1.15. The third kappa shape index (κ3) is 4.70. The zero-order valence-corrected chi connectivity index (χ0v) is 11.4. The summed E-state index contributed by atoms with van der Waals surface area (Å²) in [5.41, 5.74) is 1.34. The predicted octanol–water partition coefficient (Wildman–Crippen LogP) is 2.38. The van der Waals surface area contributed by atoms with Gasteiger partial charge in [0.15, 0.2) is 0 Å². The zero-order valence-electron chi connectivity index (χ0n) is 10.6. The number of hydrogen-bond acceptors (Lipinski definition) is 3. The van der Waals surface area contributed by atoms with E-state index in [0.717, 1.165) is 6.54 Å². The molecule has 0 amide bonds. The Kier molecular flexibility index (Phi) is 5.36. The quantitative estimate of drug-likeness (QED) is 0.826. The van der Waals surface area contributed by atoms with Crippen molar-refractivity contribution in [3.8, 4) is 0 Å². The molecular formula is C14H22N2S. The van der Waals surface area contributed by atoms with Crippen LogP contribution < -0.4 is 5.32 Å². The van der Waals surface area contributed by atoms with E-state index in [4.69, 9.17) is 0 Å². The molecule has 0 aliphatic carbocycles. The monoisotopic (exact) mass is 250 g/mol.